The summed E-state index contributed by atoms with van der Waals surface area (Å²) in [6, 6.07) is 6.55. The SMILES string of the molecule is O=C(NCCC1CCNC1)C1CCCCN1Cc1ccc(F)cc1. The Morgan fingerprint density at radius 3 is 2.83 bits per heavy atom. The average Bonchev–Trinajstić information content (AvgIpc) is 3.11. The summed E-state index contributed by atoms with van der Waals surface area (Å²) in [4.78, 5) is 14.8. The summed E-state index contributed by atoms with van der Waals surface area (Å²) in [5, 5.41) is 6.50. The highest BCUT2D eigenvalue weighted by atomic mass is 19.1. The molecule has 1 amide bonds. The molecule has 2 heterocycles. The third-order valence-corrected chi connectivity index (χ3v) is 5.23. The van der Waals surface area contributed by atoms with Crippen molar-refractivity contribution in [3.63, 3.8) is 0 Å². The second-order valence-electron chi connectivity index (χ2n) is 7.05. The van der Waals surface area contributed by atoms with E-state index in [0.29, 0.717) is 12.5 Å². The molecule has 1 aromatic rings. The fourth-order valence-corrected chi connectivity index (χ4v) is 3.78. The molecule has 24 heavy (non-hydrogen) atoms. The van der Waals surface area contributed by atoms with Crippen molar-refractivity contribution in [1.29, 1.82) is 0 Å². The largest absolute Gasteiger partial charge is 0.355 e. The Bertz CT molecular complexity index is 528. The molecule has 0 saturated carbocycles. The normalized spacial score (nSPS) is 24.9. The maximum absolute atomic E-state index is 13.1. The van der Waals surface area contributed by atoms with Crippen molar-refractivity contribution in [1.82, 2.24) is 15.5 Å². The summed E-state index contributed by atoms with van der Waals surface area (Å²) in [5.74, 6) is 0.642. The van der Waals surface area contributed by atoms with E-state index in [4.69, 9.17) is 0 Å². The number of benzene rings is 1. The van der Waals surface area contributed by atoms with Gasteiger partial charge in [0.25, 0.3) is 0 Å². The number of amides is 1. The Morgan fingerprint density at radius 2 is 2.08 bits per heavy atom. The van der Waals surface area contributed by atoms with Crippen molar-refractivity contribution in [2.75, 3.05) is 26.2 Å². The predicted octanol–water partition coefficient (Wildman–Crippen LogP) is 2.30. The first-order chi connectivity index (χ1) is 11.7. The zero-order valence-electron chi connectivity index (χ0n) is 14.3. The minimum atomic E-state index is -0.215. The predicted molar refractivity (Wildman–Crippen MR) is 93.1 cm³/mol. The number of halogens is 1. The van der Waals surface area contributed by atoms with E-state index in [1.165, 1.54) is 18.6 Å². The van der Waals surface area contributed by atoms with Gasteiger partial charge < -0.3 is 10.6 Å². The van der Waals surface area contributed by atoms with Gasteiger partial charge in [-0.3, -0.25) is 9.69 Å². The lowest BCUT2D eigenvalue weighted by molar-refractivity contribution is -0.127. The number of hydrogen-bond donors (Lipinski definition) is 2. The molecule has 2 atom stereocenters. The van der Waals surface area contributed by atoms with Gasteiger partial charge in [-0.1, -0.05) is 18.6 Å². The van der Waals surface area contributed by atoms with Gasteiger partial charge in [0.2, 0.25) is 5.91 Å². The molecular weight excluding hydrogens is 305 g/mol. The van der Waals surface area contributed by atoms with Crippen molar-refractivity contribution in [2.45, 2.75) is 44.7 Å². The highest BCUT2D eigenvalue weighted by Crippen LogP contribution is 2.20. The molecule has 2 aliphatic rings. The van der Waals surface area contributed by atoms with Crippen LogP contribution in [0.25, 0.3) is 0 Å². The van der Waals surface area contributed by atoms with Gasteiger partial charge in [-0.2, -0.15) is 0 Å². The second-order valence-corrected chi connectivity index (χ2v) is 7.05. The molecule has 0 bridgehead atoms. The molecule has 2 aliphatic heterocycles. The van der Waals surface area contributed by atoms with Crippen LogP contribution in [0, 0.1) is 11.7 Å². The van der Waals surface area contributed by atoms with E-state index in [-0.39, 0.29) is 17.8 Å². The van der Waals surface area contributed by atoms with Crippen molar-refractivity contribution in [3.05, 3.63) is 35.6 Å². The molecule has 2 fully saturated rings. The Hall–Kier alpha value is -1.46. The summed E-state index contributed by atoms with van der Waals surface area (Å²) >= 11 is 0. The van der Waals surface area contributed by atoms with Gasteiger partial charge in [-0.05, 0) is 68.9 Å². The van der Waals surface area contributed by atoms with E-state index in [2.05, 4.69) is 15.5 Å². The van der Waals surface area contributed by atoms with Gasteiger partial charge in [0, 0.05) is 13.1 Å². The van der Waals surface area contributed by atoms with E-state index in [1.807, 2.05) is 12.1 Å². The van der Waals surface area contributed by atoms with Gasteiger partial charge >= 0.3 is 0 Å². The van der Waals surface area contributed by atoms with Crippen LogP contribution in [-0.4, -0.2) is 43.0 Å². The lowest BCUT2D eigenvalue weighted by atomic mass is 10.00. The molecule has 0 spiro atoms. The van der Waals surface area contributed by atoms with Crippen LogP contribution < -0.4 is 10.6 Å². The molecule has 2 saturated heterocycles. The molecule has 3 rings (SSSR count). The average molecular weight is 333 g/mol. The number of carbonyl (C=O) groups excluding carboxylic acids is 1. The standard InChI is InChI=1S/C19H28FN3O/c20-17-6-4-16(5-7-17)14-23-12-2-1-3-18(23)19(24)22-11-9-15-8-10-21-13-15/h4-7,15,18,21H,1-3,8-14H2,(H,22,24). The summed E-state index contributed by atoms with van der Waals surface area (Å²) in [5.41, 5.74) is 1.06. The van der Waals surface area contributed by atoms with E-state index in [1.54, 1.807) is 0 Å². The first kappa shape index (κ1) is 17.4. The lowest BCUT2D eigenvalue weighted by Gasteiger charge is -2.34. The van der Waals surface area contributed by atoms with Crippen LogP contribution in [0.15, 0.2) is 24.3 Å². The lowest BCUT2D eigenvalue weighted by Crippen LogP contribution is -2.49. The molecule has 2 unspecified atom stereocenters. The van der Waals surface area contributed by atoms with E-state index in [9.17, 15) is 9.18 Å². The molecule has 5 heteroatoms. The topological polar surface area (TPSA) is 44.4 Å². The molecule has 4 nitrogen and oxygen atoms in total. The van der Waals surface area contributed by atoms with E-state index in [0.717, 1.165) is 57.4 Å². The van der Waals surface area contributed by atoms with Crippen molar-refractivity contribution in [2.24, 2.45) is 5.92 Å². The molecule has 1 aromatic carbocycles. The summed E-state index contributed by atoms with van der Waals surface area (Å²) in [6.07, 6.45) is 5.42. The second kappa shape index (κ2) is 8.58. The number of rotatable bonds is 6. The zero-order valence-corrected chi connectivity index (χ0v) is 14.3. The first-order valence-electron chi connectivity index (χ1n) is 9.19. The van der Waals surface area contributed by atoms with Crippen LogP contribution in [0.3, 0.4) is 0 Å². The number of nitrogens with one attached hydrogen (secondary N) is 2. The van der Waals surface area contributed by atoms with Gasteiger partial charge in [-0.25, -0.2) is 4.39 Å². The number of piperidine rings is 1. The first-order valence-corrected chi connectivity index (χ1v) is 9.19. The Balaban J connectivity index is 1.50. The minimum Gasteiger partial charge on any atom is -0.355 e. The highest BCUT2D eigenvalue weighted by Gasteiger charge is 2.28. The maximum Gasteiger partial charge on any atom is 0.237 e. The Kier molecular flexibility index (Phi) is 6.21. The number of likely N-dealkylation sites (tertiary alicyclic amines) is 1. The van der Waals surface area contributed by atoms with Gasteiger partial charge in [-0.15, -0.1) is 0 Å². The number of nitrogens with zero attached hydrogens (tertiary/aromatic N) is 1. The Labute approximate surface area is 143 Å². The van der Waals surface area contributed by atoms with Crippen molar-refractivity contribution < 1.29 is 9.18 Å². The van der Waals surface area contributed by atoms with Crippen LogP contribution in [0.1, 0.15) is 37.7 Å². The molecule has 0 radical (unpaired) electrons. The molecular formula is C19H28FN3O. The van der Waals surface area contributed by atoms with Crippen molar-refractivity contribution >= 4 is 5.91 Å². The number of carbonyl (C=O) groups is 1. The zero-order chi connectivity index (χ0) is 16.8. The molecule has 2 N–H and O–H groups in total. The molecule has 132 valence electrons. The fraction of sp³-hybridized carbons (Fsp3) is 0.632. The molecule has 0 aliphatic carbocycles. The van der Waals surface area contributed by atoms with Gasteiger partial charge in [0.05, 0.1) is 6.04 Å². The van der Waals surface area contributed by atoms with Crippen molar-refractivity contribution in [3.8, 4) is 0 Å². The summed E-state index contributed by atoms with van der Waals surface area (Å²) in [6.45, 7) is 4.60. The summed E-state index contributed by atoms with van der Waals surface area (Å²) in [7, 11) is 0. The minimum absolute atomic E-state index is 0.0505. The summed E-state index contributed by atoms with van der Waals surface area (Å²) < 4.78 is 13.1. The smallest absolute Gasteiger partial charge is 0.237 e. The van der Waals surface area contributed by atoms with E-state index < -0.39 is 0 Å². The van der Waals surface area contributed by atoms with Gasteiger partial charge in [0.1, 0.15) is 5.82 Å². The van der Waals surface area contributed by atoms with Crippen LogP contribution in [0.4, 0.5) is 4.39 Å². The maximum atomic E-state index is 13.1. The fourth-order valence-electron chi connectivity index (χ4n) is 3.78. The molecule has 0 aromatic heterocycles. The van der Waals surface area contributed by atoms with E-state index >= 15 is 0 Å². The van der Waals surface area contributed by atoms with Gasteiger partial charge in [0.15, 0.2) is 0 Å². The monoisotopic (exact) mass is 333 g/mol. The third-order valence-electron chi connectivity index (χ3n) is 5.23. The highest BCUT2D eigenvalue weighted by molar-refractivity contribution is 5.81. The quantitative estimate of drug-likeness (QED) is 0.840. The van der Waals surface area contributed by atoms with Crippen LogP contribution in [0.2, 0.25) is 0 Å². The Morgan fingerprint density at radius 1 is 1.25 bits per heavy atom. The third kappa shape index (κ3) is 4.77. The van der Waals surface area contributed by atoms with Crippen LogP contribution in [0.5, 0.6) is 0 Å². The van der Waals surface area contributed by atoms with Crippen LogP contribution in [-0.2, 0) is 11.3 Å². The van der Waals surface area contributed by atoms with Crippen LogP contribution >= 0.6 is 0 Å². The number of hydrogen-bond acceptors (Lipinski definition) is 3.